The summed E-state index contributed by atoms with van der Waals surface area (Å²) < 4.78 is 6.85. The first-order valence-corrected chi connectivity index (χ1v) is 9.61. The summed E-state index contributed by atoms with van der Waals surface area (Å²) in [5, 5.41) is 9.57. The van der Waals surface area contributed by atoms with Crippen LogP contribution in [0.3, 0.4) is 0 Å². The van der Waals surface area contributed by atoms with Crippen molar-refractivity contribution in [1.29, 1.82) is 5.26 Å². The Bertz CT molecular complexity index is 558. The SMILES string of the molecule is CSC(=NC#N)N1CCCN(CCOc2ccc(Br)cc2)CC1. The maximum atomic E-state index is 8.75. The lowest BCUT2D eigenvalue weighted by Gasteiger charge is -2.23. The molecule has 0 aromatic heterocycles. The van der Waals surface area contributed by atoms with Crippen LogP contribution in [0, 0.1) is 11.5 Å². The van der Waals surface area contributed by atoms with E-state index in [9.17, 15) is 0 Å². The van der Waals surface area contributed by atoms with Gasteiger partial charge in [-0.1, -0.05) is 27.7 Å². The Hall–Kier alpha value is -1.23. The summed E-state index contributed by atoms with van der Waals surface area (Å²) in [7, 11) is 0. The van der Waals surface area contributed by atoms with Gasteiger partial charge in [0.15, 0.2) is 5.17 Å². The molecule has 0 N–H and O–H groups in total. The second kappa shape index (κ2) is 9.81. The molecule has 124 valence electrons. The molecule has 0 radical (unpaired) electrons. The second-order valence-electron chi connectivity index (χ2n) is 5.18. The number of ether oxygens (including phenoxy) is 1. The van der Waals surface area contributed by atoms with Crippen LogP contribution in [-0.2, 0) is 0 Å². The monoisotopic (exact) mass is 396 g/mol. The Kier molecular flexibility index (Phi) is 7.72. The third kappa shape index (κ3) is 6.05. The normalized spacial score (nSPS) is 16.7. The molecule has 1 aromatic rings. The standard InChI is InChI=1S/C16H21BrN4OS/c1-23-16(19-13-18)21-8-2-7-20(9-10-21)11-12-22-15-5-3-14(17)4-6-15/h3-6H,2,7-12H2,1H3. The highest BCUT2D eigenvalue weighted by atomic mass is 79.9. The van der Waals surface area contributed by atoms with E-state index in [1.165, 1.54) is 11.8 Å². The lowest BCUT2D eigenvalue weighted by molar-refractivity contribution is 0.215. The number of amidine groups is 1. The number of hydrogen-bond donors (Lipinski definition) is 0. The molecule has 1 aliphatic rings. The molecule has 0 saturated carbocycles. The van der Waals surface area contributed by atoms with Crippen molar-refractivity contribution in [3.8, 4) is 11.9 Å². The van der Waals surface area contributed by atoms with E-state index in [2.05, 4.69) is 30.7 Å². The van der Waals surface area contributed by atoms with Gasteiger partial charge >= 0.3 is 0 Å². The summed E-state index contributed by atoms with van der Waals surface area (Å²) in [6.45, 7) is 5.46. The average Bonchev–Trinajstić information content (AvgIpc) is 2.80. The Labute approximate surface area is 150 Å². The number of benzene rings is 1. The summed E-state index contributed by atoms with van der Waals surface area (Å²) in [5.74, 6) is 0.899. The van der Waals surface area contributed by atoms with Crippen molar-refractivity contribution in [3.05, 3.63) is 28.7 Å². The minimum absolute atomic E-state index is 0.684. The van der Waals surface area contributed by atoms with E-state index >= 15 is 0 Å². The molecule has 5 nitrogen and oxygen atoms in total. The molecule has 2 rings (SSSR count). The molecule has 0 amide bonds. The smallest absolute Gasteiger partial charge is 0.208 e. The number of rotatable bonds is 4. The molecular weight excluding hydrogens is 376 g/mol. The van der Waals surface area contributed by atoms with Gasteiger partial charge < -0.3 is 9.64 Å². The molecule has 1 fully saturated rings. The van der Waals surface area contributed by atoms with E-state index < -0.39 is 0 Å². The zero-order valence-electron chi connectivity index (χ0n) is 13.2. The lowest BCUT2D eigenvalue weighted by atomic mass is 10.3. The molecule has 0 spiro atoms. The van der Waals surface area contributed by atoms with Gasteiger partial charge in [-0.3, -0.25) is 4.90 Å². The molecule has 1 heterocycles. The predicted octanol–water partition coefficient (Wildman–Crippen LogP) is 3.04. The number of thioether (sulfide) groups is 1. The highest BCUT2D eigenvalue weighted by molar-refractivity contribution is 9.10. The van der Waals surface area contributed by atoms with Crippen molar-refractivity contribution in [2.75, 3.05) is 45.6 Å². The Morgan fingerprint density at radius 2 is 2.09 bits per heavy atom. The van der Waals surface area contributed by atoms with E-state index in [0.717, 1.165) is 54.5 Å². The van der Waals surface area contributed by atoms with Crippen LogP contribution in [0.2, 0.25) is 0 Å². The molecule has 1 aliphatic heterocycles. The van der Waals surface area contributed by atoms with Crippen LogP contribution in [0.15, 0.2) is 33.7 Å². The van der Waals surface area contributed by atoms with E-state index in [0.29, 0.717) is 6.61 Å². The molecule has 23 heavy (non-hydrogen) atoms. The Morgan fingerprint density at radius 3 is 2.78 bits per heavy atom. The van der Waals surface area contributed by atoms with E-state index in [1.54, 1.807) is 0 Å². The van der Waals surface area contributed by atoms with Gasteiger partial charge in [-0.25, -0.2) is 0 Å². The van der Waals surface area contributed by atoms with Crippen molar-refractivity contribution in [2.45, 2.75) is 6.42 Å². The quantitative estimate of drug-likeness (QED) is 0.444. The minimum Gasteiger partial charge on any atom is -0.492 e. The van der Waals surface area contributed by atoms with Crippen molar-refractivity contribution < 1.29 is 4.74 Å². The summed E-state index contributed by atoms with van der Waals surface area (Å²) in [6, 6.07) is 7.91. The third-order valence-electron chi connectivity index (χ3n) is 3.68. The third-order valence-corrected chi connectivity index (χ3v) is 4.92. The average molecular weight is 397 g/mol. The first-order chi connectivity index (χ1) is 11.2. The van der Waals surface area contributed by atoms with Crippen LogP contribution >= 0.6 is 27.7 Å². The molecule has 0 aliphatic carbocycles. The van der Waals surface area contributed by atoms with Gasteiger partial charge in [0.05, 0.1) is 0 Å². The Morgan fingerprint density at radius 1 is 1.30 bits per heavy atom. The zero-order valence-corrected chi connectivity index (χ0v) is 15.6. The van der Waals surface area contributed by atoms with Crippen molar-refractivity contribution in [1.82, 2.24) is 9.80 Å². The largest absolute Gasteiger partial charge is 0.492 e. The molecular formula is C16H21BrN4OS. The summed E-state index contributed by atoms with van der Waals surface area (Å²) >= 11 is 4.95. The van der Waals surface area contributed by atoms with Crippen LogP contribution in [0.4, 0.5) is 0 Å². The molecule has 1 aromatic carbocycles. The first-order valence-electron chi connectivity index (χ1n) is 7.59. The molecule has 0 atom stereocenters. The predicted molar refractivity (Wildman–Crippen MR) is 98.8 cm³/mol. The van der Waals surface area contributed by atoms with E-state index in [1.807, 2.05) is 36.7 Å². The minimum atomic E-state index is 0.684. The van der Waals surface area contributed by atoms with Gasteiger partial charge in [-0.15, -0.1) is 4.99 Å². The van der Waals surface area contributed by atoms with Gasteiger partial charge in [0.1, 0.15) is 12.4 Å². The van der Waals surface area contributed by atoms with Gasteiger partial charge in [-0.05, 0) is 36.9 Å². The molecule has 7 heteroatoms. The van der Waals surface area contributed by atoms with Crippen LogP contribution in [0.25, 0.3) is 0 Å². The van der Waals surface area contributed by atoms with Gasteiger partial charge in [0.2, 0.25) is 6.19 Å². The Balaban J connectivity index is 1.76. The number of aliphatic imine (C=N–C) groups is 1. The number of nitriles is 1. The van der Waals surface area contributed by atoms with Crippen molar-refractivity contribution in [2.24, 2.45) is 4.99 Å². The highest BCUT2D eigenvalue weighted by Gasteiger charge is 2.17. The number of halogens is 1. The lowest BCUT2D eigenvalue weighted by Crippen LogP contribution is -2.35. The highest BCUT2D eigenvalue weighted by Crippen LogP contribution is 2.16. The van der Waals surface area contributed by atoms with E-state index in [-0.39, 0.29) is 0 Å². The topological polar surface area (TPSA) is 51.9 Å². The summed E-state index contributed by atoms with van der Waals surface area (Å²) in [4.78, 5) is 8.51. The maximum Gasteiger partial charge on any atom is 0.208 e. The van der Waals surface area contributed by atoms with Crippen molar-refractivity contribution in [3.63, 3.8) is 0 Å². The van der Waals surface area contributed by atoms with Crippen molar-refractivity contribution >= 4 is 32.9 Å². The van der Waals surface area contributed by atoms with Crippen LogP contribution in [0.1, 0.15) is 6.42 Å². The first kappa shape index (κ1) is 18.1. The van der Waals surface area contributed by atoms with Crippen LogP contribution in [-0.4, -0.2) is 60.6 Å². The maximum absolute atomic E-state index is 8.75. The van der Waals surface area contributed by atoms with Gasteiger partial charge in [0, 0.05) is 37.2 Å². The zero-order chi connectivity index (χ0) is 16.5. The second-order valence-corrected chi connectivity index (χ2v) is 6.87. The van der Waals surface area contributed by atoms with Gasteiger partial charge in [-0.2, -0.15) is 5.26 Å². The number of nitrogens with zero attached hydrogens (tertiary/aromatic N) is 4. The fourth-order valence-electron chi connectivity index (χ4n) is 2.50. The number of hydrogen-bond acceptors (Lipinski definition) is 5. The fraction of sp³-hybridized carbons (Fsp3) is 0.500. The molecule has 0 unspecified atom stereocenters. The van der Waals surface area contributed by atoms with E-state index in [4.69, 9.17) is 10.00 Å². The molecule has 0 bridgehead atoms. The fourth-order valence-corrected chi connectivity index (χ4v) is 3.33. The summed E-state index contributed by atoms with van der Waals surface area (Å²) in [5.41, 5.74) is 0. The van der Waals surface area contributed by atoms with Crippen LogP contribution < -0.4 is 4.74 Å². The molecule has 1 saturated heterocycles. The van der Waals surface area contributed by atoms with Gasteiger partial charge in [0.25, 0.3) is 0 Å². The van der Waals surface area contributed by atoms with Crippen LogP contribution in [0.5, 0.6) is 5.75 Å². The summed E-state index contributed by atoms with van der Waals surface area (Å²) in [6.07, 6.45) is 4.93.